The minimum Gasteiger partial charge on any atom is -0.507 e. The number of benzene rings is 2. The van der Waals surface area contributed by atoms with E-state index in [-0.39, 0.29) is 23.4 Å². The van der Waals surface area contributed by atoms with E-state index in [1.54, 1.807) is 30.5 Å². The molecule has 0 radical (unpaired) electrons. The predicted octanol–water partition coefficient (Wildman–Crippen LogP) is 3.22. The van der Waals surface area contributed by atoms with Gasteiger partial charge in [0.15, 0.2) is 0 Å². The minimum absolute atomic E-state index is 0.0468. The molecule has 1 aliphatic rings. The molecule has 2 heterocycles. The highest BCUT2D eigenvalue weighted by molar-refractivity contribution is 6.46. The Kier molecular flexibility index (Phi) is 5.53. The molecule has 3 aromatic rings. The number of halogens is 1. The van der Waals surface area contributed by atoms with Gasteiger partial charge in [0.1, 0.15) is 17.3 Å². The normalized spacial score (nSPS) is 17.9. The number of amides is 1. The van der Waals surface area contributed by atoms with Gasteiger partial charge in [-0.3, -0.25) is 9.59 Å². The Hall–Kier alpha value is -3.94. The van der Waals surface area contributed by atoms with E-state index in [1.165, 1.54) is 42.6 Å². The molecule has 31 heavy (non-hydrogen) atoms. The first-order valence-electron chi connectivity index (χ1n) is 9.65. The Morgan fingerprint density at radius 3 is 2.68 bits per heavy atom. The fourth-order valence-corrected chi connectivity index (χ4v) is 3.69. The van der Waals surface area contributed by atoms with Crippen LogP contribution in [0.3, 0.4) is 0 Å². The van der Waals surface area contributed by atoms with Crippen molar-refractivity contribution in [2.45, 2.75) is 12.5 Å². The smallest absolute Gasteiger partial charge is 0.295 e. The molecule has 4 rings (SSSR count). The SMILES string of the molecule is COc1cccc(C2C(=C(O)c3ccc(F)cc3)C(=O)C(=O)N2CCc2cnc[nH]2)c1. The number of rotatable bonds is 6. The van der Waals surface area contributed by atoms with Crippen molar-refractivity contribution in [3.63, 3.8) is 0 Å². The molecule has 1 aliphatic heterocycles. The van der Waals surface area contributed by atoms with E-state index in [1.807, 2.05) is 0 Å². The molecule has 0 spiro atoms. The van der Waals surface area contributed by atoms with Crippen molar-refractivity contribution in [2.75, 3.05) is 13.7 Å². The molecule has 2 N–H and O–H groups in total. The minimum atomic E-state index is -0.817. The average Bonchev–Trinajstić information content (AvgIpc) is 3.39. The Balaban J connectivity index is 1.81. The number of hydrogen-bond donors (Lipinski definition) is 2. The number of carbonyl (C=O) groups is 2. The number of nitrogens with zero attached hydrogens (tertiary/aromatic N) is 2. The lowest BCUT2D eigenvalue weighted by Gasteiger charge is -2.25. The number of H-pyrrole nitrogens is 1. The maximum absolute atomic E-state index is 13.3. The summed E-state index contributed by atoms with van der Waals surface area (Å²) in [7, 11) is 1.52. The lowest BCUT2D eigenvalue weighted by atomic mass is 9.95. The quantitative estimate of drug-likeness (QED) is 0.362. The fraction of sp³-hybridized carbons (Fsp3) is 0.174. The molecular formula is C23H20FN3O4. The van der Waals surface area contributed by atoms with Crippen molar-refractivity contribution in [1.29, 1.82) is 0 Å². The van der Waals surface area contributed by atoms with Gasteiger partial charge in [-0.2, -0.15) is 0 Å². The number of imidazole rings is 1. The van der Waals surface area contributed by atoms with Gasteiger partial charge in [-0.15, -0.1) is 0 Å². The van der Waals surface area contributed by atoms with Crippen LogP contribution in [-0.2, 0) is 16.0 Å². The van der Waals surface area contributed by atoms with Crippen LogP contribution in [-0.4, -0.2) is 45.3 Å². The summed E-state index contributed by atoms with van der Waals surface area (Å²) < 4.78 is 18.6. The second-order valence-corrected chi connectivity index (χ2v) is 7.10. The summed E-state index contributed by atoms with van der Waals surface area (Å²) in [6, 6.07) is 11.3. The maximum atomic E-state index is 13.3. The first-order valence-corrected chi connectivity index (χ1v) is 9.65. The van der Waals surface area contributed by atoms with Gasteiger partial charge in [0, 0.05) is 30.4 Å². The molecule has 158 valence electrons. The van der Waals surface area contributed by atoms with Crippen molar-refractivity contribution in [2.24, 2.45) is 0 Å². The summed E-state index contributed by atoms with van der Waals surface area (Å²) in [5.41, 5.74) is 1.63. The van der Waals surface area contributed by atoms with Gasteiger partial charge in [-0.05, 0) is 42.0 Å². The van der Waals surface area contributed by atoms with E-state index in [0.29, 0.717) is 17.7 Å². The zero-order valence-electron chi connectivity index (χ0n) is 16.7. The predicted molar refractivity (Wildman–Crippen MR) is 111 cm³/mol. The van der Waals surface area contributed by atoms with Crippen LogP contribution in [0.15, 0.2) is 66.6 Å². The summed E-state index contributed by atoms with van der Waals surface area (Å²) in [5.74, 6) is -1.77. The number of Topliss-reactive ketones (excluding diaryl/α,β-unsaturated/α-hetero) is 1. The highest BCUT2D eigenvalue weighted by Crippen LogP contribution is 2.40. The van der Waals surface area contributed by atoms with E-state index in [4.69, 9.17) is 4.74 Å². The number of likely N-dealkylation sites (tertiary alicyclic amines) is 1. The fourth-order valence-electron chi connectivity index (χ4n) is 3.69. The van der Waals surface area contributed by atoms with Crippen LogP contribution in [0.4, 0.5) is 4.39 Å². The van der Waals surface area contributed by atoms with Gasteiger partial charge < -0.3 is 19.7 Å². The van der Waals surface area contributed by atoms with Crippen molar-refractivity contribution >= 4 is 17.4 Å². The van der Waals surface area contributed by atoms with Gasteiger partial charge in [-0.1, -0.05) is 12.1 Å². The molecule has 1 fully saturated rings. The molecule has 8 heteroatoms. The number of hydrogen-bond acceptors (Lipinski definition) is 5. The van der Waals surface area contributed by atoms with Crippen LogP contribution < -0.4 is 4.74 Å². The molecule has 1 atom stereocenters. The molecule has 2 aromatic carbocycles. The molecule has 1 saturated heterocycles. The van der Waals surface area contributed by atoms with Gasteiger partial charge in [0.2, 0.25) is 0 Å². The van der Waals surface area contributed by atoms with E-state index in [9.17, 15) is 19.1 Å². The van der Waals surface area contributed by atoms with Crippen LogP contribution in [0.5, 0.6) is 5.75 Å². The summed E-state index contributed by atoms with van der Waals surface area (Å²) in [6.45, 7) is 0.231. The Morgan fingerprint density at radius 1 is 1.23 bits per heavy atom. The molecule has 0 bridgehead atoms. The third-order valence-corrected chi connectivity index (χ3v) is 5.24. The molecule has 1 unspecified atom stereocenters. The lowest BCUT2D eigenvalue weighted by molar-refractivity contribution is -0.139. The summed E-state index contributed by atoms with van der Waals surface area (Å²) in [4.78, 5) is 34.2. The summed E-state index contributed by atoms with van der Waals surface area (Å²) in [5, 5.41) is 10.9. The zero-order chi connectivity index (χ0) is 22.0. The number of aliphatic hydroxyl groups excluding tert-OH is 1. The van der Waals surface area contributed by atoms with E-state index in [2.05, 4.69) is 9.97 Å². The van der Waals surface area contributed by atoms with Crippen molar-refractivity contribution in [3.8, 4) is 5.75 Å². The van der Waals surface area contributed by atoms with Crippen LogP contribution in [0.2, 0.25) is 0 Å². The molecule has 1 amide bonds. The number of aliphatic hydroxyl groups is 1. The number of nitrogens with one attached hydrogen (secondary N) is 1. The van der Waals surface area contributed by atoms with Gasteiger partial charge in [0.05, 0.1) is 25.1 Å². The van der Waals surface area contributed by atoms with Crippen LogP contribution >= 0.6 is 0 Å². The number of ether oxygens (including phenoxy) is 1. The molecular weight excluding hydrogens is 401 g/mol. The summed E-state index contributed by atoms with van der Waals surface area (Å²) >= 11 is 0. The third-order valence-electron chi connectivity index (χ3n) is 5.24. The molecule has 0 saturated carbocycles. The number of carbonyl (C=O) groups excluding carboxylic acids is 2. The van der Waals surface area contributed by atoms with E-state index in [0.717, 1.165) is 5.69 Å². The van der Waals surface area contributed by atoms with Crippen LogP contribution in [0.25, 0.3) is 5.76 Å². The number of aromatic nitrogens is 2. The molecule has 1 aromatic heterocycles. The zero-order valence-corrected chi connectivity index (χ0v) is 16.7. The van der Waals surface area contributed by atoms with Crippen molar-refractivity contribution in [3.05, 3.63) is 89.3 Å². The standard InChI is InChI=1S/C23H20FN3O4/c1-31-18-4-2-3-15(11-18)20-19(21(28)14-5-7-16(24)8-6-14)22(29)23(30)27(20)10-9-17-12-25-13-26-17/h2-8,11-13,20,28H,9-10H2,1H3,(H,25,26). The Morgan fingerprint density at radius 2 is 2.00 bits per heavy atom. The second kappa shape index (κ2) is 8.43. The largest absolute Gasteiger partial charge is 0.507 e. The number of ketones is 1. The second-order valence-electron chi connectivity index (χ2n) is 7.10. The Bertz CT molecular complexity index is 1140. The average molecular weight is 421 g/mol. The van der Waals surface area contributed by atoms with Crippen molar-refractivity contribution in [1.82, 2.24) is 14.9 Å². The highest BCUT2D eigenvalue weighted by Gasteiger charge is 2.46. The van der Waals surface area contributed by atoms with Gasteiger partial charge in [0.25, 0.3) is 11.7 Å². The first-order chi connectivity index (χ1) is 15.0. The molecule has 7 nitrogen and oxygen atoms in total. The highest BCUT2D eigenvalue weighted by atomic mass is 19.1. The number of aromatic amines is 1. The van der Waals surface area contributed by atoms with Crippen LogP contribution in [0.1, 0.15) is 22.9 Å². The number of methoxy groups -OCH3 is 1. The summed E-state index contributed by atoms with van der Waals surface area (Å²) in [6.07, 6.45) is 3.64. The third kappa shape index (κ3) is 3.92. The van der Waals surface area contributed by atoms with E-state index < -0.39 is 23.5 Å². The maximum Gasteiger partial charge on any atom is 0.295 e. The van der Waals surface area contributed by atoms with Crippen LogP contribution in [0, 0.1) is 5.82 Å². The first kappa shape index (κ1) is 20.3. The van der Waals surface area contributed by atoms with Crippen molar-refractivity contribution < 1.29 is 23.8 Å². The van der Waals surface area contributed by atoms with Gasteiger partial charge >= 0.3 is 0 Å². The van der Waals surface area contributed by atoms with Gasteiger partial charge in [-0.25, -0.2) is 9.37 Å². The topological polar surface area (TPSA) is 95.5 Å². The monoisotopic (exact) mass is 421 g/mol. The molecule has 0 aliphatic carbocycles. The Labute approximate surface area is 177 Å². The lowest BCUT2D eigenvalue weighted by Crippen LogP contribution is -2.31. The van der Waals surface area contributed by atoms with E-state index >= 15 is 0 Å².